The minimum atomic E-state index is -0.739. The van der Waals surface area contributed by atoms with Gasteiger partial charge in [0.25, 0.3) is 0 Å². The van der Waals surface area contributed by atoms with Crippen LogP contribution >= 0.6 is 0 Å². The summed E-state index contributed by atoms with van der Waals surface area (Å²) < 4.78 is 14.9. The van der Waals surface area contributed by atoms with Gasteiger partial charge in [-0.15, -0.1) is 0 Å². The number of aromatic nitrogens is 2. The summed E-state index contributed by atoms with van der Waals surface area (Å²) in [6.45, 7) is 0. The van der Waals surface area contributed by atoms with Crippen molar-refractivity contribution in [3.63, 3.8) is 0 Å². The molecule has 1 fully saturated rings. The van der Waals surface area contributed by atoms with Gasteiger partial charge in [0.2, 0.25) is 0 Å². The Kier molecular flexibility index (Phi) is 2.14. The molecule has 1 aliphatic carbocycles. The molecule has 1 saturated carbocycles. The van der Waals surface area contributed by atoms with Crippen LogP contribution in [0, 0.1) is 11.7 Å². The normalized spacial score (nSPS) is 23.6. The van der Waals surface area contributed by atoms with Crippen LogP contribution in [0.1, 0.15) is 18.9 Å². The van der Waals surface area contributed by atoms with Crippen LogP contribution in [0.2, 0.25) is 0 Å². The highest BCUT2D eigenvalue weighted by Crippen LogP contribution is 2.39. The molecule has 3 rings (SSSR count). The Bertz CT molecular complexity index is 587. The van der Waals surface area contributed by atoms with Crippen molar-refractivity contribution < 1.29 is 14.3 Å². The summed E-state index contributed by atoms with van der Waals surface area (Å²) >= 11 is 0. The molecule has 4 nitrogen and oxygen atoms in total. The van der Waals surface area contributed by atoms with E-state index in [-0.39, 0.29) is 17.8 Å². The Balaban J connectivity index is 1.90. The largest absolute Gasteiger partial charge is 0.481 e. The Labute approximate surface area is 96.7 Å². The molecule has 0 spiro atoms. The van der Waals surface area contributed by atoms with Crippen LogP contribution in [-0.2, 0) is 4.79 Å². The summed E-state index contributed by atoms with van der Waals surface area (Å²) in [6, 6.07) is 4.64. The maximum absolute atomic E-state index is 13.0. The van der Waals surface area contributed by atoms with Gasteiger partial charge in [-0.25, -0.2) is 9.37 Å². The number of halogens is 1. The van der Waals surface area contributed by atoms with E-state index in [1.165, 1.54) is 12.1 Å². The van der Waals surface area contributed by atoms with Gasteiger partial charge in [0.1, 0.15) is 5.82 Å². The van der Waals surface area contributed by atoms with E-state index in [1.807, 2.05) is 4.57 Å². The number of hydrogen-bond donors (Lipinski definition) is 1. The standard InChI is InChI=1S/C12H11FN2O2/c13-8-1-2-11-10(5-8)14-6-15(11)9-3-7(4-9)12(16)17/h1-2,5-7,9H,3-4H2,(H,16,17)/t7-,9-. The van der Waals surface area contributed by atoms with Crippen LogP contribution in [0.25, 0.3) is 11.0 Å². The number of carboxylic acids is 1. The number of rotatable bonds is 2. The fraction of sp³-hybridized carbons (Fsp3) is 0.333. The van der Waals surface area contributed by atoms with Crippen LogP contribution in [0.15, 0.2) is 24.5 Å². The van der Waals surface area contributed by atoms with Crippen LogP contribution in [0.4, 0.5) is 4.39 Å². The number of benzene rings is 1. The highest BCUT2D eigenvalue weighted by atomic mass is 19.1. The number of hydrogen-bond acceptors (Lipinski definition) is 2. The zero-order valence-electron chi connectivity index (χ0n) is 9.01. The van der Waals surface area contributed by atoms with Crippen molar-refractivity contribution in [2.75, 3.05) is 0 Å². The molecule has 0 bridgehead atoms. The van der Waals surface area contributed by atoms with E-state index >= 15 is 0 Å². The molecule has 88 valence electrons. The maximum atomic E-state index is 13.0. The highest BCUT2D eigenvalue weighted by molar-refractivity contribution is 5.76. The van der Waals surface area contributed by atoms with Gasteiger partial charge in [0, 0.05) is 12.1 Å². The van der Waals surface area contributed by atoms with E-state index < -0.39 is 5.97 Å². The molecular formula is C12H11FN2O2. The van der Waals surface area contributed by atoms with Gasteiger partial charge in [0.15, 0.2) is 0 Å². The number of aliphatic carboxylic acids is 1. The molecule has 0 saturated heterocycles. The van der Waals surface area contributed by atoms with Crippen LogP contribution in [0.3, 0.4) is 0 Å². The van der Waals surface area contributed by atoms with Gasteiger partial charge in [0.05, 0.1) is 23.3 Å². The molecule has 0 amide bonds. The Hall–Kier alpha value is -1.91. The number of nitrogens with zero attached hydrogens (tertiary/aromatic N) is 2. The monoisotopic (exact) mass is 234 g/mol. The minimum Gasteiger partial charge on any atom is -0.481 e. The zero-order chi connectivity index (χ0) is 12.0. The predicted octanol–water partition coefficient (Wildman–Crippen LogP) is 2.21. The molecule has 1 N–H and O–H groups in total. The van der Waals surface area contributed by atoms with Gasteiger partial charge in [-0.3, -0.25) is 4.79 Å². The van der Waals surface area contributed by atoms with E-state index in [1.54, 1.807) is 12.4 Å². The highest BCUT2D eigenvalue weighted by Gasteiger charge is 2.35. The van der Waals surface area contributed by atoms with Crippen LogP contribution < -0.4 is 0 Å². The SMILES string of the molecule is O=C(O)[C@H]1C[C@H](n2cnc3cc(F)ccc32)C1. The van der Waals surface area contributed by atoms with Crippen molar-refractivity contribution >= 4 is 17.0 Å². The van der Waals surface area contributed by atoms with E-state index in [9.17, 15) is 9.18 Å². The van der Waals surface area contributed by atoms with Gasteiger partial charge < -0.3 is 9.67 Å². The van der Waals surface area contributed by atoms with Crippen molar-refractivity contribution in [1.82, 2.24) is 9.55 Å². The second kappa shape index (κ2) is 3.55. The molecule has 0 radical (unpaired) electrons. The molecule has 1 heterocycles. The number of imidazole rings is 1. The van der Waals surface area contributed by atoms with Crippen molar-refractivity contribution in [2.24, 2.45) is 5.92 Å². The number of fused-ring (bicyclic) bond motifs is 1. The first kappa shape index (κ1) is 10.3. The van der Waals surface area contributed by atoms with Crippen LogP contribution in [-0.4, -0.2) is 20.6 Å². The van der Waals surface area contributed by atoms with Gasteiger partial charge in [-0.05, 0) is 25.0 Å². The first-order chi connectivity index (χ1) is 8.15. The molecule has 0 unspecified atom stereocenters. The summed E-state index contributed by atoms with van der Waals surface area (Å²) in [5.41, 5.74) is 1.48. The average Bonchev–Trinajstić information content (AvgIpc) is 2.58. The molecule has 0 atom stereocenters. The van der Waals surface area contributed by atoms with Crippen LogP contribution in [0.5, 0.6) is 0 Å². The van der Waals surface area contributed by atoms with Crippen molar-refractivity contribution in [3.05, 3.63) is 30.3 Å². The third-order valence-corrected chi connectivity index (χ3v) is 3.39. The first-order valence-corrected chi connectivity index (χ1v) is 5.50. The maximum Gasteiger partial charge on any atom is 0.306 e. The second-order valence-electron chi connectivity index (χ2n) is 4.45. The third kappa shape index (κ3) is 1.58. The summed E-state index contributed by atoms with van der Waals surface area (Å²) in [5, 5.41) is 8.82. The molecule has 1 aromatic carbocycles. The fourth-order valence-corrected chi connectivity index (χ4v) is 2.31. The van der Waals surface area contributed by atoms with Crippen molar-refractivity contribution in [3.8, 4) is 0 Å². The van der Waals surface area contributed by atoms with Gasteiger partial charge in [-0.2, -0.15) is 0 Å². The molecule has 1 aliphatic rings. The van der Waals surface area contributed by atoms with Crippen molar-refractivity contribution in [1.29, 1.82) is 0 Å². The second-order valence-corrected chi connectivity index (χ2v) is 4.45. The third-order valence-electron chi connectivity index (χ3n) is 3.39. The summed E-state index contributed by atoms with van der Waals surface area (Å²) in [7, 11) is 0. The molecule has 5 heteroatoms. The average molecular weight is 234 g/mol. The van der Waals surface area contributed by atoms with Gasteiger partial charge in [-0.1, -0.05) is 0 Å². The smallest absolute Gasteiger partial charge is 0.306 e. The lowest BCUT2D eigenvalue weighted by Gasteiger charge is -2.33. The fourth-order valence-electron chi connectivity index (χ4n) is 2.31. The van der Waals surface area contributed by atoms with Gasteiger partial charge >= 0.3 is 5.97 Å². The topological polar surface area (TPSA) is 55.1 Å². The number of carboxylic acid groups (broad SMARTS) is 1. The molecular weight excluding hydrogens is 223 g/mol. The lowest BCUT2D eigenvalue weighted by molar-refractivity contribution is -0.145. The van der Waals surface area contributed by atoms with Crippen molar-refractivity contribution in [2.45, 2.75) is 18.9 Å². The molecule has 1 aromatic heterocycles. The Morgan fingerprint density at radius 1 is 1.47 bits per heavy atom. The summed E-state index contributed by atoms with van der Waals surface area (Å²) in [6.07, 6.45) is 2.91. The van der Waals surface area contributed by atoms with E-state index in [0.717, 1.165) is 5.52 Å². The minimum absolute atomic E-state index is 0.173. The van der Waals surface area contributed by atoms with E-state index in [2.05, 4.69) is 4.98 Å². The molecule has 2 aromatic rings. The number of carbonyl (C=O) groups is 1. The quantitative estimate of drug-likeness (QED) is 0.866. The Morgan fingerprint density at radius 2 is 2.24 bits per heavy atom. The summed E-state index contributed by atoms with van der Waals surface area (Å²) in [5.74, 6) is -1.30. The summed E-state index contributed by atoms with van der Waals surface area (Å²) in [4.78, 5) is 14.9. The first-order valence-electron chi connectivity index (χ1n) is 5.50. The Morgan fingerprint density at radius 3 is 2.94 bits per heavy atom. The predicted molar refractivity (Wildman–Crippen MR) is 59.1 cm³/mol. The zero-order valence-corrected chi connectivity index (χ0v) is 9.01. The molecule has 0 aliphatic heterocycles. The lowest BCUT2D eigenvalue weighted by atomic mass is 9.80. The van der Waals surface area contributed by atoms with E-state index in [4.69, 9.17) is 5.11 Å². The lowest BCUT2D eigenvalue weighted by Crippen LogP contribution is -2.31. The molecule has 17 heavy (non-hydrogen) atoms. The van der Waals surface area contributed by atoms with E-state index in [0.29, 0.717) is 18.4 Å².